The van der Waals surface area contributed by atoms with Crippen molar-refractivity contribution in [2.75, 3.05) is 0 Å². The van der Waals surface area contributed by atoms with Gasteiger partial charge in [0.2, 0.25) is 0 Å². The Morgan fingerprint density at radius 2 is 2.30 bits per heavy atom. The SMILES string of the molecule is C=CC1C=CCC(S)=C1S. The summed E-state index contributed by atoms with van der Waals surface area (Å²) in [6.45, 7) is 3.70. The van der Waals surface area contributed by atoms with E-state index in [0.29, 0.717) is 0 Å². The van der Waals surface area contributed by atoms with E-state index in [9.17, 15) is 0 Å². The van der Waals surface area contributed by atoms with Gasteiger partial charge in [-0.15, -0.1) is 31.8 Å². The highest BCUT2D eigenvalue weighted by atomic mass is 32.1. The Bertz CT molecular complexity index is 201. The van der Waals surface area contributed by atoms with Gasteiger partial charge in [-0.3, -0.25) is 0 Å². The molecule has 0 nitrogen and oxygen atoms in total. The van der Waals surface area contributed by atoms with Crippen molar-refractivity contribution < 1.29 is 0 Å². The first-order valence-corrected chi connectivity index (χ1v) is 4.05. The quantitative estimate of drug-likeness (QED) is 0.439. The van der Waals surface area contributed by atoms with E-state index >= 15 is 0 Å². The van der Waals surface area contributed by atoms with E-state index in [1.165, 1.54) is 0 Å². The Kier molecular flexibility index (Phi) is 2.69. The van der Waals surface area contributed by atoms with Gasteiger partial charge in [-0.05, 0) is 11.3 Å². The molecular weight excluding hydrogens is 160 g/mol. The van der Waals surface area contributed by atoms with Gasteiger partial charge >= 0.3 is 0 Å². The number of hydrogen-bond donors (Lipinski definition) is 2. The molecule has 0 aromatic rings. The van der Waals surface area contributed by atoms with Crippen molar-refractivity contribution in [2.24, 2.45) is 5.92 Å². The van der Waals surface area contributed by atoms with Crippen molar-refractivity contribution in [3.05, 3.63) is 34.6 Å². The molecule has 0 bridgehead atoms. The fourth-order valence-corrected chi connectivity index (χ4v) is 1.44. The first-order chi connectivity index (χ1) is 4.75. The lowest BCUT2D eigenvalue weighted by Crippen LogP contribution is -1.97. The molecule has 0 saturated carbocycles. The Balaban J connectivity index is 2.84. The van der Waals surface area contributed by atoms with Crippen molar-refractivity contribution in [2.45, 2.75) is 6.42 Å². The van der Waals surface area contributed by atoms with Crippen LogP contribution in [-0.2, 0) is 0 Å². The number of thiol groups is 2. The molecule has 0 spiro atoms. The zero-order valence-corrected chi connectivity index (χ0v) is 7.41. The van der Waals surface area contributed by atoms with Gasteiger partial charge in [-0.1, -0.05) is 18.2 Å². The van der Waals surface area contributed by atoms with Gasteiger partial charge < -0.3 is 0 Å². The Labute approximate surface area is 72.5 Å². The molecule has 0 aromatic carbocycles. The summed E-state index contributed by atoms with van der Waals surface area (Å²) in [6.07, 6.45) is 6.96. The zero-order chi connectivity index (χ0) is 7.56. The van der Waals surface area contributed by atoms with Crippen LogP contribution in [0.25, 0.3) is 0 Å². The molecule has 1 atom stereocenters. The van der Waals surface area contributed by atoms with Gasteiger partial charge in [0.05, 0.1) is 0 Å². The van der Waals surface area contributed by atoms with Crippen molar-refractivity contribution in [1.82, 2.24) is 0 Å². The predicted octanol–water partition coefficient (Wildman–Crippen LogP) is 2.82. The smallest absolute Gasteiger partial charge is 0.0261 e. The highest BCUT2D eigenvalue weighted by Crippen LogP contribution is 2.30. The third kappa shape index (κ3) is 1.50. The lowest BCUT2D eigenvalue weighted by molar-refractivity contribution is 0.997. The molecule has 0 amide bonds. The van der Waals surface area contributed by atoms with E-state index in [-0.39, 0.29) is 5.92 Å². The van der Waals surface area contributed by atoms with Gasteiger partial charge in [0, 0.05) is 10.8 Å². The van der Waals surface area contributed by atoms with Crippen LogP contribution in [0.2, 0.25) is 0 Å². The average Bonchev–Trinajstić information content (AvgIpc) is 1.95. The van der Waals surface area contributed by atoms with Crippen LogP contribution in [0.5, 0.6) is 0 Å². The lowest BCUT2D eigenvalue weighted by atomic mass is 10.0. The highest BCUT2D eigenvalue weighted by molar-refractivity contribution is 7.88. The monoisotopic (exact) mass is 170 g/mol. The van der Waals surface area contributed by atoms with Crippen molar-refractivity contribution >= 4 is 25.3 Å². The largest absolute Gasteiger partial charge is 0.147 e. The number of hydrogen-bond acceptors (Lipinski definition) is 2. The zero-order valence-electron chi connectivity index (χ0n) is 5.62. The Hall–Kier alpha value is -0.0800. The second-order valence-electron chi connectivity index (χ2n) is 2.23. The van der Waals surface area contributed by atoms with Gasteiger partial charge in [0.15, 0.2) is 0 Å². The molecule has 1 aliphatic carbocycles. The molecule has 1 rings (SSSR count). The summed E-state index contributed by atoms with van der Waals surface area (Å²) in [5.41, 5.74) is 0. The second-order valence-corrected chi connectivity index (χ2v) is 3.25. The first kappa shape index (κ1) is 8.02. The maximum Gasteiger partial charge on any atom is 0.0261 e. The van der Waals surface area contributed by atoms with Crippen molar-refractivity contribution in [3.63, 3.8) is 0 Å². The third-order valence-corrected chi connectivity index (χ3v) is 2.69. The van der Waals surface area contributed by atoms with Crippen LogP contribution in [0.15, 0.2) is 34.6 Å². The second kappa shape index (κ2) is 3.35. The summed E-state index contributed by atoms with van der Waals surface area (Å²) < 4.78 is 0. The molecule has 0 heterocycles. The Morgan fingerprint density at radius 3 is 2.80 bits per heavy atom. The molecule has 0 fully saturated rings. The van der Waals surface area contributed by atoms with E-state index in [1.54, 1.807) is 0 Å². The summed E-state index contributed by atoms with van der Waals surface area (Å²) in [5.74, 6) is 0.282. The molecule has 2 heteroatoms. The lowest BCUT2D eigenvalue weighted by Gasteiger charge is -2.14. The standard InChI is InChI=1S/C8H10S2/c1-2-6-4-3-5-7(9)8(6)10/h2-4,6,9-10H,1,5H2. The average molecular weight is 170 g/mol. The summed E-state index contributed by atoms with van der Waals surface area (Å²) in [6, 6.07) is 0. The molecule has 0 radical (unpaired) electrons. The van der Waals surface area contributed by atoms with E-state index < -0.39 is 0 Å². The molecule has 0 aliphatic heterocycles. The molecule has 1 aliphatic rings. The maximum atomic E-state index is 4.31. The number of allylic oxidation sites excluding steroid dienone is 5. The summed E-state index contributed by atoms with van der Waals surface area (Å²) >= 11 is 8.59. The molecule has 0 N–H and O–H groups in total. The van der Waals surface area contributed by atoms with Crippen LogP contribution in [0.3, 0.4) is 0 Å². The molecule has 1 unspecified atom stereocenters. The Morgan fingerprint density at radius 1 is 1.60 bits per heavy atom. The summed E-state index contributed by atoms with van der Waals surface area (Å²) in [4.78, 5) is 2.08. The highest BCUT2D eigenvalue weighted by Gasteiger charge is 2.10. The van der Waals surface area contributed by atoms with Crippen LogP contribution >= 0.6 is 25.3 Å². The minimum absolute atomic E-state index is 0.282. The fraction of sp³-hybridized carbons (Fsp3) is 0.250. The van der Waals surface area contributed by atoms with Crippen LogP contribution in [0.4, 0.5) is 0 Å². The first-order valence-electron chi connectivity index (χ1n) is 3.16. The van der Waals surface area contributed by atoms with Gasteiger partial charge in [-0.2, -0.15) is 0 Å². The van der Waals surface area contributed by atoms with Gasteiger partial charge in [0.1, 0.15) is 0 Å². The topological polar surface area (TPSA) is 0 Å². The van der Waals surface area contributed by atoms with Crippen molar-refractivity contribution in [1.29, 1.82) is 0 Å². The van der Waals surface area contributed by atoms with E-state index in [0.717, 1.165) is 16.2 Å². The predicted molar refractivity (Wildman–Crippen MR) is 52.4 cm³/mol. The maximum absolute atomic E-state index is 4.31. The minimum Gasteiger partial charge on any atom is -0.147 e. The molecule has 0 saturated heterocycles. The summed E-state index contributed by atoms with van der Waals surface area (Å²) in [7, 11) is 0. The van der Waals surface area contributed by atoms with Crippen LogP contribution in [0, 0.1) is 5.92 Å². The third-order valence-electron chi connectivity index (χ3n) is 1.52. The number of rotatable bonds is 1. The van der Waals surface area contributed by atoms with Gasteiger partial charge in [-0.25, -0.2) is 0 Å². The normalized spacial score (nSPS) is 25.2. The fourth-order valence-electron chi connectivity index (χ4n) is 0.905. The van der Waals surface area contributed by atoms with E-state index in [1.807, 2.05) is 6.08 Å². The van der Waals surface area contributed by atoms with Gasteiger partial charge in [0.25, 0.3) is 0 Å². The summed E-state index contributed by atoms with van der Waals surface area (Å²) in [5, 5.41) is 0. The van der Waals surface area contributed by atoms with E-state index in [4.69, 9.17) is 0 Å². The molecule has 54 valence electrons. The molecule has 10 heavy (non-hydrogen) atoms. The molecule has 0 aromatic heterocycles. The van der Waals surface area contributed by atoms with Crippen LogP contribution in [-0.4, -0.2) is 0 Å². The van der Waals surface area contributed by atoms with Crippen LogP contribution < -0.4 is 0 Å². The van der Waals surface area contributed by atoms with Crippen LogP contribution in [0.1, 0.15) is 6.42 Å². The molecular formula is C8H10S2. The minimum atomic E-state index is 0.282. The van der Waals surface area contributed by atoms with Crippen molar-refractivity contribution in [3.8, 4) is 0 Å². The van der Waals surface area contributed by atoms with E-state index in [2.05, 4.69) is 44.0 Å².